The molecule has 2 aromatic rings. The fourth-order valence-electron chi connectivity index (χ4n) is 3.51. The Morgan fingerprint density at radius 3 is 2.48 bits per heavy atom. The van der Waals surface area contributed by atoms with Crippen LogP contribution < -0.4 is 9.80 Å². The van der Waals surface area contributed by atoms with Crippen molar-refractivity contribution in [2.75, 3.05) is 36.0 Å². The van der Waals surface area contributed by atoms with E-state index in [2.05, 4.69) is 27.0 Å². The highest BCUT2D eigenvalue weighted by atomic mass is 15.4. The molecule has 0 radical (unpaired) electrons. The zero-order chi connectivity index (χ0) is 17.8. The minimum Gasteiger partial charge on any atom is -0.369 e. The molecule has 0 spiro atoms. The molecule has 25 heavy (non-hydrogen) atoms. The second kappa shape index (κ2) is 7.27. The van der Waals surface area contributed by atoms with Crippen LogP contribution in [0.15, 0.2) is 24.3 Å². The molecule has 0 aliphatic carbocycles. The molecule has 1 fully saturated rings. The summed E-state index contributed by atoms with van der Waals surface area (Å²) in [5, 5.41) is 23.4. The largest absolute Gasteiger partial charge is 0.369 e. The molecule has 6 heteroatoms. The van der Waals surface area contributed by atoms with Gasteiger partial charge in [0.2, 0.25) is 0 Å². The van der Waals surface area contributed by atoms with Gasteiger partial charge < -0.3 is 9.80 Å². The summed E-state index contributed by atoms with van der Waals surface area (Å²) in [7, 11) is 1.91. The maximum absolute atomic E-state index is 9.57. The molecule has 128 valence electrons. The van der Waals surface area contributed by atoms with Crippen molar-refractivity contribution in [1.82, 2.24) is 9.78 Å². The number of aryl methyl sites for hydroxylation is 2. The van der Waals surface area contributed by atoms with E-state index >= 15 is 0 Å². The zero-order valence-electron chi connectivity index (χ0n) is 14.7. The van der Waals surface area contributed by atoms with Gasteiger partial charge in [0.05, 0.1) is 16.9 Å². The van der Waals surface area contributed by atoms with Gasteiger partial charge in [-0.1, -0.05) is 19.1 Å². The quantitative estimate of drug-likeness (QED) is 0.862. The molecule has 3 rings (SSSR count). The van der Waals surface area contributed by atoms with Crippen LogP contribution in [0.2, 0.25) is 0 Å². The third-order valence-electron chi connectivity index (χ3n) is 4.70. The maximum atomic E-state index is 9.57. The Balaban J connectivity index is 1.85. The topological polar surface area (TPSA) is 71.9 Å². The molecule has 0 unspecified atom stereocenters. The number of rotatable bonds is 3. The van der Waals surface area contributed by atoms with Gasteiger partial charge in [-0.05, 0) is 25.0 Å². The van der Waals surface area contributed by atoms with Crippen molar-refractivity contribution in [3.63, 3.8) is 0 Å². The Labute approximate surface area is 148 Å². The molecule has 1 aromatic carbocycles. The molecule has 0 atom stereocenters. The molecule has 0 N–H and O–H groups in total. The SMILES string of the molecule is CCc1nn(C)c(N2CCCN(c3ccccc3C#N)CC2)c1C#N. The van der Waals surface area contributed by atoms with Crippen molar-refractivity contribution >= 4 is 11.5 Å². The summed E-state index contributed by atoms with van der Waals surface area (Å²) in [4.78, 5) is 4.52. The molecule has 0 bridgehead atoms. The highest BCUT2D eigenvalue weighted by Crippen LogP contribution is 2.26. The lowest BCUT2D eigenvalue weighted by atomic mass is 10.1. The lowest BCUT2D eigenvalue weighted by molar-refractivity contribution is 0.700. The van der Waals surface area contributed by atoms with E-state index in [9.17, 15) is 10.5 Å². The van der Waals surface area contributed by atoms with E-state index in [1.165, 1.54) is 0 Å². The van der Waals surface area contributed by atoms with Crippen LogP contribution in [0, 0.1) is 22.7 Å². The van der Waals surface area contributed by atoms with Gasteiger partial charge >= 0.3 is 0 Å². The number of nitriles is 2. The molecule has 0 saturated carbocycles. The van der Waals surface area contributed by atoms with Crippen molar-refractivity contribution in [1.29, 1.82) is 10.5 Å². The van der Waals surface area contributed by atoms with E-state index in [-0.39, 0.29) is 0 Å². The molecule has 1 aliphatic heterocycles. The predicted octanol–water partition coefficient (Wildman–Crippen LogP) is 2.44. The van der Waals surface area contributed by atoms with Crippen LogP contribution in [0.5, 0.6) is 0 Å². The van der Waals surface area contributed by atoms with Crippen molar-refractivity contribution in [2.24, 2.45) is 7.05 Å². The summed E-state index contributed by atoms with van der Waals surface area (Å²) in [6.07, 6.45) is 1.73. The normalized spacial score (nSPS) is 14.7. The third kappa shape index (κ3) is 3.16. The Bertz CT molecular complexity index is 839. The molecule has 6 nitrogen and oxygen atoms in total. The van der Waals surface area contributed by atoms with E-state index in [0.717, 1.165) is 56.2 Å². The first kappa shape index (κ1) is 16.9. The van der Waals surface area contributed by atoms with Gasteiger partial charge in [-0.3, -0.25) is 4.68 Å². The number of hydrogen-bond acceptors (Lipinski definition) is 5. The van der Waals surface area contributed by atoms with Crippen molar-refractivity contribution in [3.05, 3.63) is 41.1 Å². The summed E-state index contributed by atoms with van der Waals surface area (Å²) in [6, 6.07) is 12.4. The second-order valence-electron chi connectivity index (χ2n) is 6.19. The van der Waals surface area contributed by atoms with Crippen molar-refractivity contribution < 1.29 is 0 Å². The van der Waals surface area contributed by atoms with Crippen molar-refractivity contribution in [2.45, 2.75) is 19.8 Å². The smallest absolute Gasteiger partial charge is 0.145 e. The molecule has 1 aromatic heterocycles. The van der Waals surface area contributed by atoms with Gasteiger partial charge in [-0.2, -0.15) is 15.6 Å². The Morgan fingerprint density at radius 2 is 1.76 bits per heavy atom. The van der Waals surface area contributed by atoms with E-state index in [1.807, 2.05) is 42.9 Å². The second-order valence-corrected chi connectivity index (χ2v) is 6.19. The third-order valence-corrected chi connectivity index (χ3v) is 4.70. The van der Waals surface area contributed by atoms with Gasteiger partial charge in [-0.25, -0.2) is 0 Å². The molecule has 1 aliphatic rings. The highest BCUT2D eigenvalue weighted by Gasteiger charge is 2.23. The highest BCUT2D eigenvalue weighted by molar-refractivity contribution is 5.61. The summed E-state index contributed by atoms with van der Waals surface area (Å²) < 4.78 is 1.83. The van der Waals surface area contributed by atoms with Gasteiger partial charge in [0.15, 0.2) is 0 Å². The Morgan fingerprint density at radius 1 is 1.04 bits per heavy atom. The van der Waals surface area contributed by atoms with Crippen LogP contribution in [0.3, 0.4) is 0 Å². The van der Waals surface area contributed by atoms with E-state index in [1.54, 1.807) is 0 Å². The standard InChI is InChI=1S/C19H22N6/c1-3-17-16(14-21)19(23(2)22-17)25-10-6-9-24(11-12-25)18-8-5-4-7-15(18)13-20/h4-5,7-8H,3,6,9-12H2,1-2H3. The molecule has 1 saturated heterocycles. The Hall–Kier alpha value is -2.99. The summed E-state index contributed by atoms with van der Waals surface area (Å²) in [5.74, 6) is 0.912. The minimum atomic E-state index is 0.691. The summed E-state index contributed by atoms with van der Waals surface area (Å²) in [6.45, 7) is 5.42. The first-order valence-electron chi connectivity index (χ1n) is 8.64. The number of para-hydroxylation sites is 1. The molecular formula is C19H22N6. The number of benzene rings is 1. The maximum Gasteiger partial charge on any atom is 0.145 e. The average Bonchev–Trinajstić information content (AvgIpc) is 2.81. The van der Waals surface area contributed by atoms with Gasteiger partial charge in [0.25, 0.3) is 0 Å². The lowest BCUT2D eigenvalue weighted by Gasteiger charge is -2.25. The fraction of sp³-hybridized carbons (Fsp3) is 0.421. The molecule has 2 heterocycles. The van der Waals surface area contributed by atoms with E-state index in [0.29, 0.717) is 11.1 Å². The van der Waals surface area contributed by atoms with Crippen LogP contribution in [0.25, 0.3) is 0 Å². The minimum absolute atomic E-state index is 0.691. The van der Waals surface area contributed by atoms with Gasteiger partial charge in [-0.15, -0.1) is 0 Å². The summed E-state index contributed by atoms with van der Waals surface area (Å²) in [5.41, 5.74) is 3.25. The van der Waals surface area contributed by atoms with Gasteiger partial charge in [0.1, 0.15) is 23.5 Å². The lowest BCUT2D eigenvalue weighted by Crippen LogP contribution is -2.32. The van der Waals surface area contributed by atoms with Gasteiger partial charge in [0, 0.05) is 33.2 Å². The fourth-order valence-corrected chi connectivity index (χ4v) is 3.51. The van der Waals surface area contributed by atoms with Crippen LogP contribution in [0.1, 0.15) is 30.2 Å². The van der Waals surface area contributed by atoms with Crippen LogP contribution >= 0.6 is 0 Å². The van der Waals surface area contributed by atoms with Crippen LogP contribution in [0.4, 0.5) is 11.5 Å². The zero-order valence-corrected chi connectivity index (χ0v) is 14.7. The number of aromatic nitrogens is 2. The number of hydrogen-bond donors (Lipinski definition) is 0. The first-order chi connectivity index (χ1) is 12.2. The van der Waals surface area contributed by atoms with Crippen LogP contribution in [-0.4, -0.2) is 36.0 Å². The number of anilines is 2. The van der Waals surface area contributed by atoms with E-state index in [4.69, 9.17) is 0 Å². The molecule has 0 amide bonds. The monoisotopic (exact) mass is 334 g/mol. The number of nitrogens with zero attached hydrogens (tertiary/aromatic N) is 6. The Kier molecular flexibility index (Phi) is 4.90. The van der Waals surface area contributed by atoms with Crippen LogP contribution in [-0.2, 0) is 13.5 Å². The average molecular weight is 334 g/mol. The predicted molar refractivity (Wildman–Crippen MR) is 97.5 cm³/mol. The van der Waals surface area contributed by atoms with Crippen molar-refractivity contribution in [3.8, 4) is 12.1 Å². The molecular weight excluding hydrogens is 312 g/mol. The summed E-state index contributed by atoms with van der Waals surface area (Å²) >= 11 is 0. The van der Waals surface area contributed by atoms with E-state index < -0.39 is 0 Å². The first-order valence-corrected chi connectivity index (χ1v) is 8.64.